The minimum absolute atomic E-state index is 0.176. The zero-order valence-electron chi connectivity index (χ0n) is 15.7. The van der Waals surface area contributed by atoms with E-state index >= 15 is 0 Å². The summed E-state index contributed by atoms with van der Waals surface area (Å²) in [6.45, 7) is 3.35. The van der Waals surface area contributed by atoms with Crippen molar-refractivity contribution in [1.82, 2.24) is 0 Å². The van der Waals surface area contributed by atoms with Gasteiger partial charge in [0.25, 0.3) is 5.91 Å². The molecule has 0 aromatic heterocycles. The number of rotatable bonds is 8. The molecular formula is C23H22BrNO3. The molecule has 5 heteroatoms. The second-order valence-electron chi connectivity index (χ2n) is 6.20. The molecule has 144 valence electrons. The van der Waals surface area contributed by atoms with Crippen molar-refractivity contribution in [3.8, 4) is 5.75 Å². The van der Waals surface area contributed by atoms with Crippen molar-refractivity contribution in [2.45, 2.75) is 20.1 Å². The summed E-state index contributed by atoms with van der Waals surface area (Å²) < 4.78 is 12.4. The predicted octanol–water partition coefficient (Wildman–Crippen LogP) is 5.82. The summed E-state index contributed by atoms with van der Waals surface area (Å²) >= 11 is 3.41. The Bertz CT molecular complexity index is 928. The van der Waals surface area contributed by atoms with Crippen molar-refractivity contribution < 1.29 is 14.3 Å². The summed E-state index contributed by atoms with van der Waals surface area (Å²) in [5.74, 6) is 0.556. The van der Waals surface area contributed by atoms with Gasteiger partial charge < -0.3 is 14.8 Å². The third kappa shape index (κ3) is 5.68. The maximum absolute atomic E-state index is 12.6. The molecule has 0 aliphatic carbocycles. The molecule has 0 spiro atoms. The molecule has 28 heavy (non-hydrogen) atoms. The largest absolute Gasteiger partial charge is 0.494 e. The third-order valence-corrected chi connectivity index (χ3v) is 4.57. The highest BCUT2D eigenvalue weighted by Gasteiger charge is 2.12. The summed E-state index contributed by atoms with van der Waals surface area (Å²) in [4.78, 5) is 12.6. The standard InChI is InChI=1S/C23H22BrNO3/c1-2-28-22-12-11-18(23(26)25-21-10-6-9-20(24)14-21)13-19(22)16-27-15-17-7-4-3-5-8-17/h3-14H,2,15-16H2,1H3,(H,25,26). The van der Waals surface area contributed by atoms with E-state index in [1.807, 2.05) is 73.7 Å². The van der Waals surface area contributed by atoms with Crippen LogP contribution < -0.4 is 10.1 Å². The molecule has 0 atom stereocenters. The number of hydrogen-bond donors (Lipinski definition) is 1. The van der Waals surface area contributed by atoms with Gasteiger partial charge in [-0.3, -0.25) is 4.79 Å². The third-order valence-electron chi connectivity index (χ3n) is 4.07. The molecule has 1 amide bonds. The Hall–Kier alpha value is -2.63. The molecule has 0 heterocycles. The van der Waals surface area contributed by atoms with E-state index < -0.39 is 0 Å². The molecule has 1 N–H and O–H groups in total. The van der Waals surface area contributed by atoms with E-state index in [1.54, 1.807) is 6.07 Å². The van der Waals surface area contributed by atoms with E-state index in [0.29, 0.717) is 25.4 Å². The Kier molecular flexibility index (Phi) is 7.23. The van der Waals surface area contributed by atoms with Gasteiger partial charge >= 0.3 is 0 Å². The second kappa shape index (κ2) is 10.1. The summed E-state index contributed by atoms with van der Waals surface area (Å²) in [7, 11) is 0. The number of carbonyl (C=O) groups excluding carboxylic acids is 1. The zero-order valence-corrected chi connectivity index (χ0v) is 17.2. The van der Waals surface area contributed by atoms with Crippen LogP contribution in [0.1, 0.15) is 28.4 Å². The Morgan fingerprint density at radius 3 is 2.54 bits per heavy atom. The monoisotopic (exact) mass is 439 g/mol. The number of halogens is 1. The number of hydrogen-bond acceptors (Lipinski definition) is 3. The fourth-order valence-electron chi connectivity index (χ4n) is 2.75. The highest BCUT2D eigenvalue weighted by atomic mass is 79.9. The van der Waals surface area contributed by atoms with Gasteiger partial charge in [0.05, 0.1) is 19.8 Å². The first-order valence-corrected chi connectivity index (χ1v) is 9.89. The lowest BCUT2D eigenvalue weighted by molar-refractivity contribution is 0.101. The van der Waals surface area contributed by atoms with Crippen LogP contribution in [-0.4, -0.2) is 12.5 Å². The SMILES string of the molecule is CCOc1ccc(C(=O)Nc2cccc(Br)c2)cc1COCc1ccccc1. The van der Waals surface area contributed by atoms with Crippen LogP contribution in [0.5, 0.6) is 5.75 Å². The normalized spacial score (nSPS) is 10.5. The van der Waals surface area contributed by atoms with E-state index in [0.717, 1.165) is 27.0 Å². The first-order valence-electron chi connectivity index (χ1n) is 9.10. The Balaban J connectivity index is 1.71. The Morgan fingerprint density at radius 2 is 1.79 bits per heavy atom. The van der Waals surface area contributed by atoms with Crippen molar-refractivity contribution in [3.63, 3.8) is 0 Å². The zero-order chi connectivity index (χ0) is 19.8. The molecule has 0 aliphatic heterocycles. The van der Waals surface area contributed by atoms with Crippen LogP contribution in [0.4, 0.5) is 5.69 Å². The van der Waals surface area contributed by atoms with Crippen molar-refractivity contribution in [1.29, 1.82) is 0 Å². The smallest absolute Gasteiger partial charge is 0.255 e. The second-order valence-corrected chi connectivity index (χ2v) is 7.11. The van der Waals surface area contributed by atoms with Gasteiger partial charge in [0.2, 0.25) is 0 Å². The summed E-state index contributed by atoms with van der Waals surface area (Å²) in [6.07, 6.45) is 0. The van der Waals surface area contributed by atoms with Gasteiger partial charge in [-0.2, -0.15) is 0 Å². The molecule has 0 fully saturated rings. The minimum Gasteiger partial charge on any atom is -0.494 e. The van der Waals surface area contributed by atoms with Gasteiger partial charge in [0, 0.05) is 21.3 Å². The van der Waals surface area contributed by atoms with Gasteiger partial charge in [-0.15, -0.1) is 0 Å². The van der Waals surface area contributed by atoms with Crippen molar-refractivity contribution in [3.05, 3.63) is 94.0 Å². The van der Waals surface area contributed by atoms with Gasteiger partial charge in [-0.1, -0.05) is 52.3 Å². The molecule has 0 saturated carbocycles. The van der Waals surface area contributed by atoms with Crippen LogP contribution in [0.25, 0.3) is 0 Å². The van der Waals surface area contributed by atoms with E-state index in [4.69, 9.17) is 9.47 Å². The number of benzene rings is 3. The summed E-state index contributed by atoms with van der Waals surface area (Å²) in [5.41, 5.74) is 3.24. The quantitative estimate of drug-likeness (QED) is 0.481. The topological polar surface area (TPSA) is 47.6 Å². The lowest BCUT2D eigenvalue weighted by Gasteiger charge is -2.13. The maximum atomic E-state index is 12.6. The molecule has 3 rings (SSSR count). The van der Waals surface area contributed by atoms with Crippen molar-refractivity contribution >= 4 is 27.5 Å². The fraction of sp³-hybridized carbons (Fsp3) is 0.174. The molecule has 3 aromatic carbocycles. The number of anilines is 1. The maximum Gasteiger partial charge on any atom is 0.255 e. The molecule has 0 bridgehead atoms. The number of amides is 1. The molecule has 0 aliphatic rings. The van der Waals surface area contributed by atoms with E-state index in [9.17, 15) is 4.79 Å². The Morgan fingerprint density at radius 1 is 0.964 bits per heavy atom. The van der Waals surface area contributed by atoms with E-state index in [1.165, 1.54) is 0 Å². The molecule has 0 saturated heterocycles. The molecular weight excluding hydrogens is 418 g/mol. The van der Waals surface area contributed by atoms with Crippen LogP contribution >= 0.6 is 15.9 Å². The molecule has 4 nitrogen and oxygen atoms in total. The van der Waals surface area contributed by atoms with Crippen LogP contribution in [-0.2, 0) is 18.0 Å². The highest BCUT2D eigenvalue weighted by molar-refractivity contribution is 9.10. The average Bonchev–Trinajstić information content (AvgIpc) is 2.70. The van der Waals surface area contributed by atoms with Gasteiger partial charge in [0.15, 0.2) is 0 Å². The number of carbonyl (C=O) groups is 1. The Labute approximate surface area is 173 Å². The van der Waals surface area contributed by atoms with Crippen LogP contribution in [0.2, 0.25) is 0 Å². The first-order chi connectivity index (χ1) is 13.7. The van der Waals surface area contributed by atoms with Crippen LogP contribution in [0.15, 0.2) is 77.3 Å². The fourth-order valence-corrected chi connectivity index (χ4v) is 3.15. The molecule has 0 unspecified atom stereocenters. The van der Waals surface area contributed by atoms with Crippen molar-refractivity contribution in [2.75, 3.05) is 11.9 Å². The lowest BCUT2D eigenvalue weighted by atomic mass is 10.1. The molecule has 3 aromatic rings. The minimum atomic E-state index is -0.176. The molecule has 0 radical (unpaired) electrons. The van der Waals surface area contributed by atoms with E-state index in [-0.39, 0.29) is 5.91 Å². The number of nitrogens with one attached hydrogen (secondary N) is 1. The van der Waals surface area contributed by atoms with Gasteiger partial charge in [-0.05, 0) is 48.9 Å². The predicted molar refractivity (Wildman–Crippen MR) is 115 cm³/mol. The van der Waals surface area contributed by atoms with Gasteiger partial charge in [-0.25, -0.2) is 0 Å². The summed E-state index contributed by atoms with van der Waals surface area (Å²) in [6, 6.07) is 22.9. The first kappa shape index (κ1) is 20.1. The lowest BCUT2D eigenvalue weighted by Crippen LogP contribution is -2.12. The van der Waals surface area contributed by atoms with Crippen molar-refractivity contribution in [2.24, 2.45) is 0 Å². The van der Waals surface area contributed by atoms with Crippen LogP contribution in [0, 0.1) is 0 Å². The highest BCUT2D eigenvalue weighted by Crippen LogP contribution is 2.23. The van der Waals surface area contributed by atoms with Crippen LogP contribution in [0.3, 0.4) is 0 Å². The van der Waals surface area contributed by atoms with Gasteiger partial charge in [0.1, 0.15) is 5.75 Å². The van der Waals surface area contributed by atoms with E-state index in [2.05, 4.69) is 21.2 Å². The number of ether oxygens (including phenoxy) is 2. The summed E-state index contributed by atoms with van der Waals surface area (Å²) in [5, 5.41) is 2.91. The average molecular weight is 440 g/mol.